The summed E-state index contributed by atoms with van der Waals surface area (Å²) in [5, 5.41) is 20.2. The second kappa shape index (κ2) is 6.24. The summed E-state index contributed by atoms with van der Waals surface area (Å²) < 4.78 is 11.0. The van der Waals surface area contributed by atoms with Crippen molar-refractivity contribution in [1.29, 1.82) is 5.26 Å². The highest BCUT2D eigenvalue weighted by Crippen LogP contribution is 2.36. The van der Waals surface area contributed by atoms with Gasteiger partial charge in [-0.2, -0.15) is 5.26 Å². The first-order chi connectivity index (χ1) is 10.1. The number of rotatable bonds is 4. The van der Waals surface area contributed by atoms with Crippen LogP contribution in [0, 0.1) is 21.4 Å². The lowest BCUT2D eigenvalue weighted by Crippen LogP contribution is -1.96. The molecule has 0 aromatic heterocycles. The van der Waals surface area contributed by atoms with Crippen LogP contribution in [-0.2, 0) is 0 Å². The molecule has 0 N–H and O–H groups in total. The number of nitrogens with zero attached hydrogens (tertiary/aromatic N) is 2. The van der Waals surface area contributed by atoms with Crippen LogP contribution in [-0.4, -0.2) is 12.0 Å². The summed E-state index contributed by atoms with van der Waals surface area (Å²) in [4.78, 5) is 10.5. The maximum Gasteiger partial charge on any atom is 0.315 e. The van der Waals surface area contributed by atoms with Crippen molar-refractivity contribution in [3.8, 4) is 23.3 Å². The Morgan fingerprint density at radius 1 is 1.29 bits per heavy atom. The van der Waals surface area contributed by atoms with Gasteiger partial charge in [0.15, 0.2) is 0 Å². The number of hydrogen-bond acceptors (Lipinski definition) is 5. The number of ether oxygens (including phenoxy) is 2. The van der Waals surface area contributed by atoms with Gasteiger partial charge in [0.25, 0.3) is 0 Å². The second-order valence-electron chi connectivity index (χ2n) is 3.92. The molecule has 6 nitrogen and oxygen atoms in total. The van der Waals surface area contributed by atoms with Gasteiger partial charge in [0, 0.05) is 4.47 Å². The van der Waals surface area contributed by atoms with E-state index in [1.165, 1.54) is 19.2 Å². The van der Waals surface area contributed by atoms with Gasteiger partial charge in [0.2, 0.25) is 5.75 Å². The van der Waals surface area contributed by atoms with Crippen molar-refractivity contribution < 1.29 is 14.4 Å². The smallest absolute Gasteiger partial charge is 0.315 e. The van der Waals surface area contributed by atoms with E-state index in [0.29, 0.717) is 10.2 Å². The number of nitro groups is 1. The third-order valence-electron chi connectivity index (χ3n) is 2.67. The van der Waals surface area contributed by atoms with Crippen LogP contribution in [0.4, 0.5) is 5.69 Å². The third kappa shape index (κ3) is 3.12. The number of halogens is 1. The average Bonchev–Trinajstić information content (AvgIpc) is 2.47. The number of methoxy groups -OCH3 is 1. The van der Waals surface area contributed by atoms with Crippen molar-refractivity contribution in [3.63, 3.8) is 0 Å². The zero-order valence-electron chi connectivity index (χ0n) is 10.9. The normalized spacial score (nSPS) is 9.76. The lowest BCUT2D eigenvalue weighted by atomic mass is 10.2. The Balaban J connectivity index is 2.48. The summed E-state index contributed by atoms with van der Waals surface area (Å²) in [7, 11) is 1.42. The van der Waals surface area contributed by atoms with Gasteiger partial charge in [-0.25, -0.2) is 0 Å². The summed E-state index contributed by atoms with van der Waals surface area (Å²) in [5.74, 6) is 0.624. The predicted molar refractivity (Wildman–Crippen MR) is 78.6 cm³/mol. The van der Waals surface area contributed by atoms with Gasteiger partial charge in [0.05, 0.1) is 18.1 Å². The first kappa shape index (κ1) is 14.8. The van der Waals surface area contributed by atoms with Crippen molar-refractivity contribution in [2.75, 3.05) is 7.11 Å². The fraction of sp³-hybridized carbons (Fsp3) is 0.0714. The van der Waals surface area contributed by atoms with Gasteiger partial charge in [-0.3, -0.25) is 10.1 Å². The van der Waals surface area contributed by atoms with Crippen LogP contribution in [0.3, 0.4) is 0 Å². The lowest BCUT2D eigenvalue weighted by molar-refractivity contribution is -0.385. The topological polar surface area (TPSA) is 85.4 Å². The van der Waals surface area contributed by atoms with Crippen LogP contribution < -0.4 is 9.47 Å². The van der Waals surface area contributed by atoms with Gasteiger partial charge in [-0.1, -0.05) is 6.07 Å². The van der Waals surface area contributed by atoms with Crippen molar-refractivity contribution in [2.24, 2.45) is 0 Å². The van der Waals surface area contributed by atoms with E-state index < -0.39 is 4.92 Å². The molecule has 0 fully saturated rings. The Morgan fingerprint density at radius 3 is 2.67 bits per heavy atom. The van der Waals surface area contributed by atoms with Gasteiger partial charge >= 0.3 is 5.69 Å². The SMILES string of the molecule is COc1ccc(Oc2cccc(Br)c2C#N)c([N+](=O)[O-])c1. The highest BCUT2D eigenvalue weighted by molar-refractivity contribution is 9.10. The molecule has 106 valence electrons. The molecule has 0 saturated carbocycles. The van der Waals surface area contributed by atoms with Crippen LogP contribution in [0.5, 0.6) is 17.2 Å². The van der Waals surface area contributed by atoms with Crippen molar-refractivity contribution in [1.82, 2.24) is 0 Å². The quantitative estimate of drug-likeness (QED) is 0.614. The Hall–Kier alpha value is -2.59. The molecule has 0 spiro atoms. The fourth-order valence-corrected chi connectivity index (χ4v) is 2.11. The molecule has 21 heavy (non-hydrogen) atoms. The molecule has 0 aliphatic carbocycles. The standard InChI is InChI=1S/C14H9BrN2O4/c1-20-9-5-6-14(12(7-9)17(18)19)21-13-4-2-3-11(15)10(13)8-16/h2-7H,1H3. The zero-order valence-corrected chi connectivity index (χ0v) is 12.5. The van der Waals surface area contributed by atoms with E-state index in [2.05, 4.69) is 15.9 Å². The molecule has 0 aliphatic rings. The molecule has 7 heteroatoms. The van der Waals surface area contributed by atoms with Gasteiger partial charge in [-0.15, -0.1) is 0 Å². The molecule has 0 aliphatic heterocycles. The molecule has 0 radical (unpaired) electrons. The van der Waals surface area contributed by atoms with E-state index in [4.69, 9.17) is 14.7 Å². The minimum Gasteiger partial charge on any atom is -0.496 e. The Kier molecular flexibility index (Phi) is 4.40. The summed E-state index contributed by atoms with van der Waals surface area (Å²) in [6.45, 7) is 0. The third-order valence-corrected chi connectivity index (χ3v) is 3.33. The summed E-state index contributed by atoms with van der Waals surface area (Å²) in [6, 6.07) is 11.2. The summed E-state index contributed by atoms with van der Waals surface area (Å²) >= 11 is 3.23. The van der Waals surface area contributed by atoms with Gasteiger partial charge in [-0.05, 0) is 40.2 Å². The van der Waals surface area contributed by atoms with Gasteiger partial charge in [0.1, 0.15) is 23.1 Å². The van der Waals surface area contributed by atoms with Crippen LogP contribution in [0.1, 0.15) is 5.56 Å². The number of hydrogen-bond donors (Lipinski definition) is 0. The zero-order chi connectivity index (χ0) is 15.4. The second-order valence-corrected chi connectivity index (χ2v) is 4.77. The molecule has 0 bridgehead atoms. The van der Waals surface area contributed by atoms with Crippen LogP contribution in [0.25, 0.3) is 0 Å². The van der Waals surface area contributed by atoms with Crippen LogP contribution in [0.2, 0.25) is 0 Å². The van der Waals surface area contributed by atoms with E-state index in [1.54, 1.807) is 24.3 Å². The van der Waals surface area contributed by atoms with Crippen molar-refractivity contribution in [2.45, 2.75) is 0 Å². The van der Waals surface area contributed by atoms with Crippen LogP contribution >= 0.6 is 15.9 Å². The van der Waals surface area contributed by atoms with Crippen molar-refractivity contribution >= 4 is 21.6 Å². The molecule has 2 rings (SSSR count). The van der Waals surface area contributed by atoms with E-state index in [0.717, 1.165) is 0 Å². The number of nitriles is 1. The monoisotopic (exact) mass is 348 g/mol. The maximum absolute atomic E-state index is 11.1. The highest BCUT2D eigenvalue weighted by atomic mass is 79.9. The number of benzene rings is 2. The maximum atomic E-state index is 11.1. The Bertz CT molecular complexity index is 740. The molecule has 2 aromatic carbocycles. The molecule has 0 atom stereocenters. The van der Waals surface area contributed by atoms with E-state index in [1.807, 2.05) is 6.07 Å². The summed E-state index contributed by atoms with van der Waals surface area (Å²) in [6.07, 6.45) is 0. The molecule has 0 heterocycles. The van der Waals surface area contributed by atoms with Gasteiger partial charge < -0.3 is 9.47 Å². The highest BCUT2D eigenvalue weighted by Gasteiger charge is 2.19. The fourth-order valence-electron chi connectivity index (χ4n) is 1.67. The van der Waals surface area contributed by atoms with E-state index >= 15 is 0 Å². The van der Waals surface area contributed by atoms with Crippen molar-refractivity contribution in [3.05, 3.63) is 56.5 Å². The largest absolute Gasteiger partial charge is 0.496 e. The molecule has 2 aromatic rings. The molecule has 0 amide bonds. The minimum absolute atomic E-state index is 0.0374. The lowest BCUT2D eigenvalue weighted by Gasteiger charge is -2.09. The Labute approximate surface area is 128 Å². The average molecular weight is 349 g/mol. The number of nitro benzene ring substituents is 1. The van der Waals surface area contributed by atoms with E-state index in [9.17, 15) is 10.1 Å². The molecule has 0 saturated heterocycles. The predicted octanol–water partition coefficient (Wildman–Crippen LogP) is 4.03. The van der Waals surface area contributed by atoms with E-state index in [-0.39, 0.29) is 22.7 Å². The molecular weight excluding hydrogens is 340 g/mol. The minimum atomic E-state index is -0.568. The Morgan fingerprint density at radius 2 is 2.05 bits per heavy atom. The molecular formula is C14H9BrN2O4. The first-order valence-corrected chi connectivity index (χ1v) is 6.55. The first-order valence-electron chi connectivity index (χ1n) is 5.75. The van der Waals surface area contributed by atoms with Crippen LogP contribution in [0.15, 0.2) is 40.9 Å². The summed E-state index contributed by atoms with van der Waals surface area (Å²) in [5.41, 5.74) is 0.0285. The molecule has 0 unspecified atom stereocenters.